The monoisotopic (exact) mass is 166 g/mol. The predicted molar refractivity (Wildman–Crippen MR) is 41.5 cm³/mol. The van der Waals surface area contributed by atoms with Crippen LogP contribution in [-0.4, -0.2) is 14.8 Å². The van der Waals surface area contributed by atoms with Gasteiger partial charge in [0.2, 0.25) is 0 Å². The lowest BCUT2D eigenvalue weighted by Crippen LogP contribution is -2.18. The Bertz CT molecular complexity index is 444. The Labute approximate surface area is 66.1 Å². The minimum Gasteiger partial charge on any atom is -0.265 e. The third kappa shape index (κ3) is 0.848. The lowest BCUT2D eigenvalue weighted by molar-refractivity contribution is 0.717. The van der Waals surface area contributed by atoms with E-state index in [0.717, 1.165) is 4.70 Å². The first kappa shape index (κ1) is 6.48. The van der Waals surface area contributed by atoms with Crippen LogP contribution in [0.15, 0.2) is 11.0 Å². The van der Waals surface area contributed by atoms with Crippen molar-refractivity contribution < 1.29 is 0 Å². The fourth-order valence-electron chi connectivity index (χ4n) is 0.807. The predicted octanol–water partition coefficient (Wildman–Crippen LogP) is 0.190. The topological polar surface area (TPSA) is 47.8 Å². The van der Waals surface area contributed by atoms with Gasteiger partial charge < -0.3 is 0 Å². The molecular weight excluding hydrogens is 162 g/mol. The summed E-state index contributed by atoms with van der Waals surface area (Å²) in [6.45, 7) is 0. The molecule has 2 aromatic rings. The molecule has 0 saturated heterocycles. The molecule has 0 aliphatic carbocycles. The van der Waals surface area contributed by atoms with Crippen LogP contribution in [0.25, 0.3) is 10.2 Å². The maximum absolute atomic E-state index is 11.2. The molecular formula is C6H4N3OS. The van der Waals surface area contributed by atoms with Gasteiger partial charge in [0.25, 0.3) is 5.56 Å². The molecule has 0 unspecified atom stereocenters. The third-order valence-corrected chi connectivity index (χ3v) is 2.09. The van der Waals surface area contributed by atoms with Gasteiger partial charge >= 0.3 is 0 Å². The number of nitrogens with zero attached hydrogens (tertiary/aromatic N) is 3. The first-order valence-corrected chi connectivity index (χ1v) is 3.79. The highest BCUT2D eigenvalue weighted by atomic mass is 32.1. The molecule has 2 rings (SSSR count). The largest absolute Gasteiger partial charge is 0.293 e. The van der Waals surface area contributed by atoms with E-state index in [1.165, 1.54) is 16.0 Å². The third-order valence-electron chi connectivity index (χ3n) is 1.39. The Morgan fingerprint density at radius 1 is 1.73 bits per heavy atom. The molecule has 2 heterocycles. The molecule has 5 heteroatoms. The van der Waals surface area contributed by atoms with Gasteiger partial charge in [-0.1, -0.05) is 0 Å². The zero-order valence-corrected chi connectivity index (χ0v) is 6.55. The molecule has 55 valence electrons. The number of aryl methyl sites for hydroxylation is 1. The van der Waals surface area contributed by atoms with Gasteiger partial charge in [0.15, 0.2) is 11.0 Å². The zero-order valence-electron chi connectivity index (χ0n) is 5.74. The van der Waals surface area contributed by atoms with Crippen molar-refractivity contribution in [2.24, 2.45) is 7.05 Å². The van der Waals surface area contributed by atoms with E-state index in [1.807, 2.05) is 0 Å². The van der Waals surface area contributed by atoms with Crippen molar-refractivity contribution >= 4 is 21.6 Å². The minimum absolute atomic E-state index is 0.167. The van der Waals surface area contributed by atoms with Crippen molar-refractivity contribution in [2.45, 2.75) is 0 Å². The molecule has 0 aromatic carbocycles. The maximum atomic E-state index is 11.2. The van der Waals surface area contributed by atoms with Crippen molar-refractivity contribution in [1.82, 2.24) is 14.8 Å². The van der Waals surface area contributed by atoms with E-state index < -0.39 is 0 Å². The summed E-state index contributed by atoms with van der Waals surface area (Å²) in [5.74, 6) is 0. The lowest BCUT2D eigenvalue weighted by Gasteiger charge is -1.91. The van der Waals surface area contributed by atoms with Gasteiger partial charge in [-0.15, -0.1) is 11.3 Å². The van der Waals surface area contributed by atoms with Crippen LogP contribution >= 0.6 is 11.3 Å². The summed E-state index contributed by atoms with van der Waals surface area (Å²) in [6, 6.07) is 0. The van der Waals surface area contributed by atoms with E-state index in [-0.39, 0.29) is 5.56 Å². The standard InChI is InChI=1S/C6H4N3OS/c1-9-6(10)5-4(2-8-9)11-3-7-5/h2H,1H3. The van der Waals surface area contributed by atoms with Crippen LogP contribution in [0.5, 0.6) is 0 Å². The van der Waals surface area contributed by atoms with E-state index in [0.29, 0.717) is 5.52 Å². The van der Waals surface area contributed by atoms with Crippen LogP contribution in [0.2, 0.25) is 0 Å². The zero-order chi connectivity index (χ0) is 7.84. The van der Waals surface area contributed by atoms with Crippen LogP contribution in [0.3, 0.4) is 0 Å². The molecule has 0 aliphatic heterocycles. The second kappa shape index (κ2) is 2.13. The molecule has 2 aromatic heterocycles. The van der Waals surface area contributed by atoms with E-state index >= 15 is 0 Å². The summed E-state index contributed by atoms with van der Waals surface area (Å²) in [5.41, 5.74) is 2.93. The second-order valence-corrected chi connectivity index (χ2v) is 2.92. The second-order valence-electron chi connectivity index (χ2n) is 2.09. The number of thiazole rings is 1. The number of rotatable bonds is 0. The summed E-state index contributed by atoms with van der Waals surface area (Å²) < 4.78 is 2.05. The van der Waals surface area contributed by atoms with E-state index in [4.69, 9.17) is 0 Å². The van der Waals surface area contributed by atoms with Gasteiger partial charge in [0.1, 0.15) is 0 Å². The normalized spacial score (nSPS) is 10.6. The molecule has 0 atom stereocenters. The molecule has 0 aliphatic rings. The average Bonchev–Trinajstić information content (AvgIpc) is 2.45. The fraction of sp³-hybridized carbons (Fsp3) is 0.167. The SMILES string of the molecule is Cn1ncc2s[c]nc2c1=O. The summed E-state index contributed by atoms with van der Waals surface area (Å²) in [5, 5.41) is 3.83. The summed E-state index contributed by atoms with van der Waals surface area (Å²) in [7, 11) is 1.60. The molecule has 0 spiro atoms. The number of aromatic nitrogens is 3. The van der Waals surface area contributed by atoms with Crippen molar-refractivity contribution in [1.29, 1.82) is 0 Å². The van der Waals surface area contributed by atoms with Crippen molar-refractivity contribution in [3.63, 3.8) is 0 Å². The maximum Gasteiger partial charge on any atom is 0.293 e. The van der Waals surface area contributed by atoms with E-state index in [9.17, 15) is 4.79 Å². The Morgan fingerprint density at radius 3 is 3.36 bits per heavy atom. The quantitative estimate of drug-likeness (QED) is 0.561. The highest BCUT2D eigenvalue weighted by Gasteiger charge is 2.02. The Kier molecular flexibility index (Phi) is 1.25. The summed E-state index contributed by atoms with van der Waals surface area (Å²) >= 11 is 1.30. The average molecular weight is 166 g/mol. The molecule has 0 N–H and O–H groups in total. The fourth-order valence-corrected chi connectivity index (χ4v) is 1.37. The molecule has 11 heavy (non-hydrogen) atoms. The van der Waals surface area contributed by atoms with Gasteiger partial charge in [0, 0.05) is 7.05 Å². The van der Waals surface area contributed by atoms with Crippen LogP contribution in [-0.2, 0) is 7.05 Å². The summed E-state index contributed by atoms with van der Waals surface area (Å²) in [6.07, 6.45) is 1.62. The smallest absolute Gasteiger partial charge is 0.265 e. The molecule has 0 amide bonds. The highest BCUT2D eigenvalue weighted by Crippen LogP contribution is 2.09. The Hall–Kier alpha value is -1.23. The minimum atomic E-state index is -0.167. The number of hydrogen-bond acceptors (Lipinski definition) is 4. The Morgan fingerprint density at radius 2 is 2.55 bits per heavy atom. The van der Waals surface area contributed by atoms with E-state index in [1.54, 1.807) is 13.2 Å². The van der Waals surface area contributed by atoms with Crippen LogP contribution in [0, 0.1) is 5.51 Å². The number of fused-ring (bicyclic) bond motifs is 1. The number of hydrogen-bond donors (Lipinski definition) is 0. The molecule has 1 radical (unpaired) electrons. The van der Waals surface area contributed by atoms with Gasteiger partial charge in [-0.2, -0.15) is 5.10 Å². The summed E-state index contributed by atoms with van der Waals surface area (Å²) in [4.78, 5) is 15.0. The van der Waals surface area contributed by atoms with Crippen molar-refractivity contribution in [3.8, 4) is 0 Å². The van der Waals surface area contributed by atoms with Gasteiger partial charge in [-0.05, 0) is 0 Å². The van der Waals surface area contributed by atoms with Crippen LogP contribution in [0.4, 0.5) is 0 Å². The molecule has 0 saturated carbocycles. The van der Waals surface area contributed by atoms with E-state index in [2.05, 4.69) is 15.6 Å². The van der Waals surface area contributed by atoms with Gasteiger partial charge in [-0.3, -0.25) is 4.79 Å². The van der Waals surface area contributed by atoms with Gasteiger partial charge in [-0.25, -0.2) is 9.67 Å². The lowest BCUT2D eigenvalue weighted by atomic mass is 10.5. The molecule has 0 fully saturated rings. The first-order chi connectivity index (χ1) is 5.29. The molecule has 4 nitrogen and oxygen atoms in total. The van der Waals surface area contributed by atoms with Crippen molar-refractivity contribution in [2.75, 3.05) is 0 Å². The van der Waals surface area contributed by atoms with Crippen molar-refractivity contribution in [3.05, 3.63) is 22.1 Å². The molecule has 0 bridgehead atoms. The van der Waals surface area contributed by atoms with Gasteiger partial charge in [0.05, 0.1) is 10.9 Å². The highest BCUT2D eigenvalue weighted by molar-refractivity contribution is 7.16. The Balaban J connectivity index is 3.05. The first-order valence-electron chi connectivity index (χ1n) is 2.98. The van der Waals surface area contributed by atoms with Crippen LogP contribution in [0.1, 0.15) is 0 Å². The van der Waals surface area contributed by atoms with Crippen LogP contribution < -0.4 is 5.56 Å².